The molecule has 1 aliphatic heterocycles. The van der Waals surface area contributed by atoms with Crippen LogP contribution in [0.2, 0.25) is 0 Å². The number of aliphatic hydroxyl groups is 3. The zero-order valence-corrected chi connectivity index (χ0v) is 14.3. The Balaban J connectivity index is 2.23. The number of ether oxygens (including phenoxy) is 2. The van der Waals surface area contributed by atoms with Crippen molar-refractivity contribution in [2.75, 3.05) is 6.61 Å². The fraction of sp³-hybridized carbons (Fsp3) is 0.500. The number of nitrogens with one attached hydrogen (secondary N) is 1. The molecule has 1 unspecified atom stereocenters. The van der Waals surface area contributed by atoms with Crippen molar-refractivity contribution < 1.29 is 39.3 Å². The summed E-state index contributed by atoms with van der Waals surface area (Å²) in [4.78, 5) is 33.6. The average Bonchev–Trinajstić information content (AvgIpc) is 2.61. The van der Waals surface area contributed by atoms with Crippen molar-refractivity contribution in [3.63, 3.8) is 0 Å². The number of esters is 1. The van der Waals surface area contributed by atoms with Crippen LogP contribution in [0.25, 0.3) is 0 Å². The van der Waals surface area contributed by atoms with Crippen LogP contribution >= 0.6 is 0 Å². The Morgan fingerprint density at radius 2 is 2.00 bits per heavy atom. The lowest BCUT2D eigenvalue weighted by molar-refractivity contribution is -0.662. The van der Waals surface area contributed by atoms with Gasteiger partial charge in [-0.2, -0.15) is 0 Å². The molecule has 1 aliphatic rings. The molecule has 4 N–H and O–H groups in total. The second kappa shape index (κ2) is 8.39. The second-order valence-electron chi connectivity index (χ2n) is 6.04. The minimum Gasteiger partial charge on any atom is -0.433 e. The van der Waals surface area contributed by atoms with E-state index in [1.165, 1.54) is 0 Å². The van der Waals surface area contributed by atoms with Crippen molar-refractivity contribution in [1.29, 1.82) is 0 Å². The maximum atomic E-state index is 12.2. The van der Waals surface area contributed by atoms with E-state index in [2.05, 4.69) is 5.32 Å². The number of hydrogen-bond donors (Lipinski definition) is 4. The van der Waals surface area contributed by atoms with Crippen molar-refractivity contribution in [1.82, 2.24) is 5.32 Å². The van der Waals surface area contributed by atoms with E-state index in [0.717, 1.165) is 6.92 Å². The van der Waals surface area contributed by atoms with E-state index in [-0.39, 0.29) is 6.42 Å². The highest BCUT2D eigenvalue weighted by Crippen LogP contribution is 2.31. The van der Waals surface area contributed by atoms with E-state index in [1.807, 2.05) is 0 Å². The fourth-order valence-corrected chi connectivity index (χ4v) is 2.77. The van der Waals surface area contributed by atoms with Gasteiger partial charge in [-0.1, -0.05) is 30.3 Å². The first-order valence-corrected chi connectivity index (χ1v) is 8.01. The van der Waals surface area contributed by atoms with Crippen LogP contribution in [0.15, 0.2) is 30.3 Å². The van der Waals surface area contributed by atoms with E-state index in [0.29, 0.717) is 5.56 Å². The van der Waals surface area contributed by atoms with Crippen molar-refractivity contribution in [2.24, 2.45) is 0 Å². The largest absolute Gasteiger partial charge is 0.433 e. The van der Waals surface area contributed by atoms with Gasteiger partial charge in [-0.15, -0.1) is 0 Å². The Morgan fingerprint density at radius 1 is 1.37 bits per heavy atom. The highest BCUT2D eigenvalue weighted by atomic mass is 16.7. The lowest BCUT2D eigenvalue weighted by Gasteiger charge is -2.43. The first-order valence-electron chi connectivity index (χ1n) is 8.01. The maximum absolute atomic E-state index is 12.2. The predicted molar refractivity (Wildman–Crippen MR) is 87.5 cm³/mol. The Bertz CT molecular complexity index is 698. The number of aliphatic hydroxyl groups excluding tert-OH is 2. The minimum absolute atomic E-state index is 0.160. The molecule has 1 aromatic rings. The first kappa shape index (κ1) is 20.7. The number of hydrogen-bond acceptors (Lipinski definition) is 9. The van der Waals surface area contributed by atoms with Crippen LogP contribution in [0.4, 0.5) is 0 Å². The summed E-state index contributed by atoms with van der Waals surface area (Å²) in [6.07, 6.45) is -5.91. The van der Waals surface area contributed by atoms with Crippen molar-refractivity contribution in [3.8, 4) is 0 Å². The van der Waals surface area contributed by atoms with E-state index in [1.54, 1.807) is 30.3 Å². The smallest absolute Gasteiger partial charge is 0.379 e. The molecule has 0 spiro atoms. The summed E-state index contributed by atoms with van der Waals surface area (Å²) in [5.41, 5.74) is -2.49. The summed E-state index contributed by atoms with van der Waals surface area (Å²) in [5.74, 6) is -1.50. The van der Waals surface area contributed by atoms with Crippen LogP contribution in [0.1, 0.15) is 12.5 Å². The van der Waals surface area contributed by atoms with Gasteiger partial charge in [-0.3, -0.25) is 19.7 Å². The topological polar surface area (TPSA) is 168 Å². The van der Waals surface area contributed by atoms with Crippen LogP contribution in [0.5, 0.6) is 0 Å². The molecule has 11 nitrogen and oxygen atoms in total. The lowest BCUT2D eigenvalue weighted by Crippen LogP contribution is -2.73. The van der Waals surface area contributed by atoms with Gasteiger partial charge in [-0.25, -0.2) is 0 Å². The highest BCUT2D eigenvalue weighted by molar-refractivity contribution is 5.74. The van der Waals surface area contributed by atoms with Gasteiger partial charge in [0.2, 0.25) is 12.2 Å². The number of carbonyl (C=O) groups is 2. The fourth-order valence-electron chi connectivity index (χ4n) is 2.77. The van der Waals surface area contributed by atoms with Gasteiger partial charge >= 0.3 is 11.7 Å². The zero-order valence-electron chi connectivity index (χ0n) is 14.3. The van der Waals surface area contributed by atoms with Gasteiger partial charge < -0.3 is 30.1 Å². The monoisotopic (exact) mass is 384 g/mol. The van der Waals surface area contributed by atoms with Crippen molar-refractivity contribution in [2.45, 2.75) is 43.6 Å². The van der Waals surface area contributed by atoms with Crippen molar-refractivity contribution >= 4 is 11.9 Å². The lowest BCUT2D eigenvalue weighted by atomic mass is 9.90. The third-order valence-electron chi connectivity index (χ3n) is 4.11. The third-order valence-corrected chi connectivity index (χ3v) is 4.11. The molecule has 1 heterocycles. The molecule has 1 fully saturated rings. The summed E-state index contributed by atoms with van der Waals surface area (Å²) >= 11 is 0. The minimum atomic E-state index is -3.11. The van der Waals surface area contributed by atoms with Crippen LogP contribution in [-0.4, -0.2) is 69.0 Å². The van der Waals surface area contributed by atoms with Gasteiger partial charge in [0.1, 0.15) is 6.04 Å². The molecule has 27 heavy (non-hydrogen) atoms. The van der Waals surface area contributed by atoms with Crippen molar-refractivity contribution in [3.05, 3.63) is 46.0 Å². The van der Waals surface area contributed by atoms with E-state index < -0.39 is 53.7 Å². The average molecular weight is 384 g/mol. The Morgan fingerprint density at radius 3 is 2.52 bits per heavy atom. The van der Waals surface area contributed by atoms with Crippen LogP contribution in [0, 0.1) is 10.1 Å². The highest BCUT2D eigenvalue weighted by Gasteiger charge is 2.65. The number of benzene rings is 1. The zero-order chi connectivity index (χ0) is 20.2. The number of rotatable bonds is 6. The van der Waals surface area contributed by atoms with E-state index >= 15 is 0 Å². The van der Waals surface area contributed by atoms with Gasteiger partial charge in [0.25, 0.3) is 0 Å². The molecule has 0 bridgehead atoms. The summed E-state index contributed by atoms with van der Waals surface area (Å²) in [6, 6.07) is 6.90. The molecule has 0 radical (unpaired) electrons. The molecule has 2 rings (SSSR count). The molecule has 1 aromatic carbocycles. The molecule has 0 saturated carbocycles. The standard InChI is InChI=1S/C16H20N2O9/c1-9(20)17-13-14(22)16(23,18(24)25)11(8-19)26-15(13)27-12(21)7-10-5-3-2-4-6-10/h2-6,11,13-15,19,22-23H,7-8H2,1H3,(H,17,20)/t11-,13-,14-,15?,16+/m1/s1. The Kier molecular flexibility index (Phi) is 6.44. The van der Waals surface area contributed by atoms with Crippen LogP contribution in [0.3, 0.4) is 0 Å². The van der Waals surface area contributed by atoms with Gasteiger partial charge in [0, 0.05) is 6.92 Å². The quantitative estimate of drug-likeness (QED) is 0.194. The summed E-state index contributed by atoms with van der Waals surface area (Å²) in [6.45, 7) is 0.0347. The molecule has 0 aliphatic carbocycles. The molecule has 148 valence electrons. The molecular formula is C16H20N2O9. The van der Waals surface area contributed by atoms with Crippen LogP contribution < -0.4 is 5.32 Å². The molecule has 0 aromatic heterocycles. The Labute approximate surface area is 153 Å². The molecule has 5 atom stereocenters. The van der Waals surface area contributed by atoms with Gasteiger partial charge in [-0.05, 0) is 5.56 Å². The van der Waals surface area contributed by atoms with E-state index in [4.69, 9.17) is 9.47 Å². The SMILES string of the molecule is CC(=O)N[C@H]1C(OC(=O)Cc2ccccc2)O[C@H](CO)[C@@](O)([N+](=O)[O-])[C@@H]1O. The summed E-state index contributed by atoms with van der Waals surface area (Å²) in [7, 11) is 0. The molecular weight excluding hydrogens is 364 g/mol. The molecule has 1 amide bonds. The maximum Gasteiger partial charge on any atom is 0.379 e. The van der Waals surface area contributed by atoms with Gasteiger partial charge in [0.15, 0.2) is 12.2 Å². The second-order valence-corrected chi connectivity index (χ2v) is 6.04. The van der Waals surface area contributed by atoms with E-state index in [9.17, 15) is 35.0 Å². The summed E-state index contributed by atoms with van der Waals surface area (Å²) in [5, 5.41) is 43.2. The van der Waals surface area contributed by atoms with Crippen LogP contribution in [-0.2, 0) is 25.5 Å². The number of nitro groups is 1. The Hall–Kier alpha value is -2.60. The third kappa shape index (κ3) is 4.39. The number of nitrogens with zero attached hydrogens (tertiary/aromatic N) is 1. The number of carbonyl (C=O) groups excluding carboxylic acids is 2. The molecule has 11 heteroatoms. The normalized spacial score (nSPS) is 30.4. The first-order chi connectivity index (χ1) is 12.7. The number of amides is 1. The predicted octanol–water partition coefficient (Wildman–Crippen LogP) is -1.68. The van der Waals surface area contributed by atoms with Gasteiger partial charge in [0.05, 0.1) is 18.0 Å². The summed E-state index contributed by atoms with van der Waals surface area (Å²) < 4.78 is 10.2. The molecule has 1 saturated heterocycles.